The SMILES string of the molecule is Nn1c(Cc2cccs2)nnc1S[C@@H](CC(=O)c1cccs1)c1ccc(Cl)cc1. The van der Waals surface area contributed by atoms with E-state index in [-0.39, 0.29) is 11.0 Å². The normalized spacial score (nSPS) is 12.2. The molecule has 0 amide bonds. The van der Waals surface area contributed by atoms with E-state index in [1.54, 1.807) is 11.3 Å². The Hall–Kier alpha value is -2.13. The monoisotopic (exact) mass is 460 g/mol. The quantitative estimate of drug-likeness (QED) is 0.214. The summed E-state index contributed by atoms with van der Waals surface area (Å²) in [4.78, 5) is 14.7. The van der Waals surface area contributed by atoms with Gasteiger partial charge in [-0.2, -0.15) is 0 Å². The number of nitrogens with zero attached hydrogens (tertiary/aromatic N) is 3. The van der Waals surface area contributed by atoms with Gasteiger partial charge in [-0.05, 0) is 40.6 Å². The summed E-state index contributed by atoms with van der Waals surface area (Å²) in [7, 11) is 0. The van der Waals surface area contributed by atoms with Crippen molar-refractivity contribution in [3.05, 3.63) is 85.5 Å². The molecule has 0 aliphatic heterocycles. The second-order valence-corrected chi connectivity index (χ2v) is 9.87. The summed E-state index contributed by atoms with van der Waals surface area (Å²) in [6.45, 7) is 0. The summed E-state index contributed by atoms with van der Waals surface area (Å²) in [5.41, 5.74) is 0.993. The summed E-state index contributed by atoms with van der Waals surface area (Å²) in [6, 6.07) is 15.3. The van der Waals surface area contributed by atoms with Gasteiger partial charge in [0.25, 0.3) is 0 Å². The molecule has 0 fully saturated rings. The molecule has 9 heteroatoms. The lowest BCUT2D eigenvalue weighted by Gasteiger charge is -2.15. The number of thioether (sulfide) groups is 1. The first kappa shape index (κ1) is 20.2. The van der Waals surface area contributed by atoms with E-state index in [4.69, 9.17) is 17.4 Å². The highest BCUT2D eigenvalue weighted by molar-refractivity contribution is 7.99. The van der Waals surface area contributed by atoms with Crippen molar-refractivity contribution >= 4 is 51.8 Å². The third-order valence-corrected chi connectivity index (χ3v) is 7.56. The summed E-state index contributed by atoms with van der Waals surface area (Å²) in [5, 5.41) is 13.5. The molecule has 2 N–H and O–H groups in total. The molecule has 0 aliphatic rings. The van der Waals surface area contributed by atoms with Crippen LogP contribution in [0.2, 0.25) is 5.02 Å². The van der Waals surface area contributed by atoms with Crippen LogP contribution in [0.1, 0.15) is 37.6 Å². The summed E-state index contributed by atoms with van der Waals surface area (Å²) in [6.07, 6.45) is 0.960. The van der Waals surface area contributed by atoms with Gasteiger partial charge in [-0.25, -0.2) is 4.68 Å². The predicted molar refractivity (Wildman–Crippen MR) is 121 cm³/mol. The zero-order valence-corrected chi connectivity index (χ0v) is 18.4. The standard InChI is InChI=1S/C20H17ClN4OS3/c21-14-7-5-13(6-8-14)18(12-16(26)17-4-2-10-28-17)29-20-24-23-19(25(20)22)11-15-3-1-9-27-15/h1-10,18H,11-12,22H2/t18-/m0/s1. The number of hydrogen-bond donors (Lipinski definition) is 1. The van der Waals surface area contributed by atoms with Gasteiger partial charge in [0, 0.05) is 28.0 Å². The van der Waals surface area contributed by atoms with Crippen molar-refractivity contribution in [3.63, 3.8) is 0 Å². The van der Waals surface area contributed by atoms with Gasteiger partial charge >= 0.3 is 0 Å². The first-order valence-electron chi connectivity index (χ1n) is 8.80. The average molecular weight is 461 g/mol. The van der Waals surface area contributed by atoms with Gasteiger partial charge < -0.3 is 5.84 Å². The largest absolute Gasteiger partial charge is 0.336 e. The molecule has 1 atom stereocenters. The highest BCUT2D eigenvalue weighted by atomic mass is 35.5. The molecule has 0 bridgehead atoms. The lowest BCUT2D eigenvalue weighted by Crippen LogP contribution is -2.15. The van der Waals surface area contributed by atoms with Gasteiger partial charge in [0.15, 0.2) is 11.6 Å². The van der Waals surface area contributed by atoms with E-state index in [9.17, 15) is 4.79 Å². The van der Waals surface area contributed by atoms with Gasteiger partial charge in [0.1, 0.15) is 0 Å². The Morgan fingerprint density at radius 1 is 1.10 bits per heavy atom. The maximum absolute atomic E-state index is 12.7. The summed E-state index contributed by atoms with van der Waals surface area (Å²) >= 11 is 10.6. The molecule has 5 nitrogen and oxygen atoms in total. The molecule has 4 aromatic rings. The summed E-state index contributed by atoms with van der Waals surface area (Å²) < 4.78 is 1.52. The zero-order valence-electron chi connectivity index (χ0n) is 15.2. The number of halogens is 1. The molecule has 0 saturated heterocycles. The second kappa shape index (κ2) is 9.13. The topological polar surface area (TPSA) is 73.8 Å². The maximum atomic E-state index is 12.7. The molecule has 0 saturated carbocycles. The number of hydrogen-bond acceptors (Lipinski definition) is 7. The minimum atomic E-state index is -0.150. The fourth-order valence-corrected chi connectivity index (χ4v) is 5.41. The van der Waals surface area contributed by atoms with Gasteiger partial charge in [0.2, 0.25) is 5.16 Å². The van der Waals surface area contributed by atoms with Crippen LogP contribution in [0.3, 0.4) is 0 Å². The lowest BCUT2D eigenvalue weighted by atomic mass is 10.1. The molecule has 0 aliphatic carbocycles. The highest BCUT2D eigenvalue weighted by Gasteiger charge is 2.23. The van der Waals surface area contributed by atoms with Crippen LogP contribution < -0.4 is 5.84 Å². The second-order valence-electron chi connectivity index (χ2n) is 6.29. The number of ketones is 1. The van der Waals surface area contributed by atoms with Crippen LogP contribution in [-0.2, 0) is 6.42 Å². The maximum Gasteiger partial charge on any atom is 0.210 e. The molecule has 0 spiro atoms. The fourth-order valence-electron chi connectivity index (χ4n) is 2.82. The van der Waals surface area contributed by atoms with E-state index in [2.05, 4.69) is 10.2 Å². The molecular formula is C20H17ClN4OS3. The van der Waals surface area contributed by atoms with Crippen LogP contribution in [-0.4, -0.2) is 20.7 Å². The van der Waals surface area contributed by atoms with Gasteiger partial charge in [-0.1, -0.05) is 47.6 Å². The van der Waals surface area contributed by atoms with Crippen molar-refractivity contribution in [2.45, 2.75) is 23.2 Å². The predicted octanol–water partition coefficient (Wildman–Crippen LogP) is 5.47. The minimum Gasteiger partial charge on any atom is -0.336 e. The Bertz CT molecular complexity index is 1080. The number of carbonyl (C=O) groups excluding carboxylic acids is 1. The van der Waals surface area contributed by atoms with Crippen molar-refractivity contribution in [1.29, 1.82) is 0 Å². The zero-order chi connectivity index (χ0) is 20.2. The molecule has 4 rings (SSSR count). The van der Waals surface area contributed by atoms with Gasteiger partial charge in [-0.3, -0.25) is 4.79 Å². The van der Waals surface area contributed by atoms with Gasteiger partial charge in [-0.15, -0.1) is 32.9 Å². The molecule has 1 aromatic carbocycles. The first-order valence-corrected chi connectivity index (χ1v) is 11.8. The number of Topliss-reactive ketones (excluding diaryl/α,β-unsaturated/α-hetero) is 1. The Morgan fingerprint density at radius 2 is 1.86 bits per heavy atom. The Morgan fingerprint density at radius 3 is 2.55 bits per heavy atom. The van der Waals surface area contributed by atoms with E-state index in [1.807, 2.05) is 59.3 Å². The molecular weight excluding hydrogens is 444 g/mol. The van der Waals surface area contributed by atoms with E-state index in [0.29, 0.717) is 28.8 Å². The van der Waals surface area contributed by atoms with Crippen molar-refractivity contribution in [3.8, 4) is 0 Å². The van der Waals surface area contributed by atoms with E-state index in [0.717, 1.165) is 10.4 Å². The smallest absolute Gasteiger partial charge is 0.210 e. The van der Waals surface area contributed by atoms with Crippen molar-refractivity contribution in [2.24, 2.45) is 0 Å². The van der Waals surface area contributed by atoms with Crippen molar-refractivity contribution in [1.82, 2.24) is 14.9 Å². The Labute approximate surface area is 185 Å². The molecule has 0 radical (unpaired) electrons. The van der Waals surface area contributed by atoms with E-state index >= 15 is 0 Å². The molecule has 29 heavy (non-hydrogen) atoms. The Kier molecular flexibility index (Phi) is 6.34. The highest BCUT2D eigenvalue weighted by Crippen LogP contribution is 2.38. The van der Waals surface area contributed by atoms with Gasteiger partial charge in [0.05, 0.1) is 4.88 Å². The molecule has 0 unspecified atom stereocenters. The number of nitrogens with two attached hydrogens (primary N) is 1. The third-order valence-electron chi connectivity index (χ3n) is 4.30. The van der Waals surface area contributed by atoms with Crippen LogP contribution in [0.4, 0.5) is 0 Å². The molecule has 148 valence electrons. The van der Waals surface area contributed by atoms with Crippen LogP contribution >= 0.6 is 46.0 Å². The molecule has 3 heterocycles. The van der Waals surface area contributed by atoms with Crippen LogP contribution in [0.25, 0.3) is 0 Å². The summed E-state index contributed by atoms with van der Waals surface area (Å²) in [5.74, 6) is 7.05. The van der Waals surface area contributed by atoms with Crippen LogP contribution in [0.5, 0.6) is 0 Å². The van der Waals surface area contributed by atoms with Crippen LogP contribution in [0.15, 0.2) is 64.4 Å². The molecule has 3 aromatic heterocycles. The number of rotatable bonds is 8. The van der Waals surface area contributed by atoms with Crippen molar-refractivity contribution in [2.75, 3.05) is 5.84 Å². The number of carbonyl (C=O) groups is 1. The fraction of sp³-hybridized carbons (Fsp3) is 0.150. The van der Waals surface area contributed by atoms with E-state index < -0.39 is 0 Å². The number of nitrogen functional groups attached to an aromatic ring is 1. The average Bonchev–Trinajstić information content (AvgIpc) is 3.48. The number of aromatic nitrogens is 3. The number of thiophene rings is 2. The van der Waals surface area contributed by atoms with Crippen LogP contribution in [0, 0.1) is 0 Å². The third kappa shape index (κ3) is 4.90. The minimum absolute atomic E-state index is 0.0920. The Balaban J connectivity index is 1.57. The lowest BCUT2D eigenvalue weighted by molar-refractivity contribution is 0.0986. The van der Waals surface area contributed by atoms with Crippen molar-refractivity contribution < 1.29 is 4.79 Å². The number of benzene rings is 1. The van der Waals surface area contributed by atoms with E-state index in [1.165, 1.54) is 32.7 Å². The first-order chi connectivity index (χ1) is 14.1.